The van der Waals surface area contributed by atoms with Gasteiger partial charge in [-0.05, 0) is 93.2 Å². The van der Waals surface area contributed by atoms with Gasteiger partial charge >= 0.3 is 0 Å². The summed E-state index contributed by atoms with van der Waals surface area (Å²) >= 11 is 1.38. The van der Waals surface area contributed by atoms with Crippen LogP contribution >= 0.6 is 11.8 Å². The number of aromatic nitrogens is 3. The maximum Gasteiger partial charge on any atom is 0.234 e. The van der Waals surface area contributed by atoms with Crippen molar-refractivity contribution in [1.29, 1.82) is 0 Å². The van der Waals surface area contributed by atoms with Crippen LogP contribution in [0.25, 0.3) is 0 Å². The number of halogens is 1. The summed E-state index contributed by atoms with van der Waals surface area (Å²) in [6.45, 7) is 6.37. The van der Waals surface area contributed by atoms with E-state index >= 15 is 0 Å². The number of benzene rings is 2. The van der Waals surface area contributed by atoms with E-state index in [-0.39, 0.29) is 30.1 Å². The van der Waals surface area contributed by atoms with Crippen molar-refractivity contribution in [1.82, 2.24) is 14.8 Å². The van der Waals surface area contributed by atoms with Gasteiger partial charge < -0.3 is 10.1 Å². The van der Waals surface area contributed by atoms with E-state index in [0.717, 1.165) is 28.7 Å². The third-order valence-electron chi connectivity index (χ3n) is 7.59. The summed E-state index contributed by atoms with van der Waals surface area (Å²) < 4.78 is 22.0. The average Bonchev–Trinajstić information content (AvgIpc) is 3.57. The van der Waals surface area contributed by atoms with Crippen LogP contribution in [-0.4, -0.2) is 26.4 Å². The fraction of sp³-hybridized carbons (Fsp3) is 0.464. The normalized spacial score (nSPS) is 21.5. The number of nitrogens with one attached hydrogen (secondary N) is 1. The minimum absolute atomic E-state index is 0.0868. The third kappa shape index (κ3) is 5.43. The van der Waals surface area contributed by atoms with Crippen molar-refractivity contribution in [2.24, 2.45) is 17.8 Å². The second-order valence-corrected chi connectivity index (χ2v) is 11.2. The van der Waals surface area contributed by atoms with E-state index in [2.05, 4.69) is 33.1 Å². The van der Waals surface area contributed by atoms with Crippen molar-refractivity contribution in [2.45, 2.75) is 64.3 Å². The molecule has 0 spiro atoms. The molecule has 5 rings (SSSR count). The van der Waals surface area contributed by atoms with Crippen LogP contribution in [0.3, 0.4) is 0 Å². The number of amides is 1. The molecule has 2 bridgehead atoms. The van der Waals surface area contributed by atoms with E-state index < -0.39 is 5.82 Å². The van der Waals surface area contributed by atoms with Gasteiger partial charge in [0, 0.05) is 11.7 Å². The molecule has 190 valence electrons. The number of thioether (sulfide) groups is 1. The lowest BCUT2D eigenvalue weighted by atomic mass is 9.84. The van der Waals surface area contributed by atoms with E-state index in [1.165, 1.54) is 43.5 Å². The van der Waals surface area contributed by atoms with E-state index in [1.54, 1.807) is 18.2 Å². The van der Waals surface area contributed by atoms with E-state index in [9.17, 15) is 9.18 Å². The first-order chi connectivity index (χ1) is 17.4. The van der Waals surface area contributed by atoms with E-state index in [0.29, 0.717) is 16.9 Å². The van der Waals surface area contributed by atoms with Crippen LogP contribution in [0.1, 0.15) is 55.6 Å². The highest BCUT2D eigenvalue weighted by molar-refractivity contribution is 7.99. The summed E-state index contributed by atoms with van der Waals surface area (Å²) in [4.78, 5) is 12.7. The fourth-order valence-corrected chi connectivity index (χ4v) is 6.91. The van der Waals surface area contributed by atoms with Crippen molar-refractivity contribution in [3.05, 3.63) is 65.2 Å². The molecule has 1 aromatic heterocycles. The summed E-state index contributed by atoms with van der Waals surface area (Å²) in [5.41, 5.74) is 3.02. The van der Waals surface area contributed by atoms with Gasteiger partial charge in [0.05, 0.1) is 5.75 Å². The standard InChI is InChI=1S/C28H33FN4O2S/c1-17-10-18(2)12-22(11-17)30-27(34)16-36-28-32-31-26(15-35-25-7-5-4-6-24(25)29)33(28)19(3)23-14-20-8-9-21(23)13-20/h4-7,10-12,19-21,23H,8-9,13-16H2,1-3H3,(H,30,34). The molecule has 0 aliphatic heterocycles. The lowest BCUT2D eigenvalue weighted by Crippen LogP contribution is -2.25. The van der Waals surface area contributed by atoms with E-state index in [4.69, 9.17) is 4.74 Å². The van der Waals surface area contributed by atoms with Crippen LogP contribution in [0.5, 0.6) is 5.75 Å². The highest BCUT2D eigenvalue weighted by atomic mass is 32.2. The van der Waals surface area contributed by atoms with Gasteiger partial charge in [0.25, 0.3) is 0 Å². The number of aryl methyl sites for hydroxylation is 2. The second kappa shape index (κ2) is 10.6. The Hall–Kier alpha value is -2.87. The van der Waals surface area contributed by atoms with Crippen molar-refractivity contribution in [3.8, 4) is 5.75 Å². The van der Waals surface area contributed by atoms with E-state index in [1.807, 2.05) is 26.0 Å². The van der Waals surface area contributed by atoms with Gasteiger partial charge in [0.15, 0.2) is 22.5 Å². The third-order valence-corrected chi connectivity index (χ3v) is 8.53. The van der Waals surface area contributed by atoms with Crippen LogP contribution in [0.2, 0.25) is 0 Å². The molecule has 1 N–H and O–H groups in total. The van der Waals surface area contributed by atoms with Crippen molar-refractivity contribution in [3.63, 3.8) is 0 Å². The molecule has 36 heavy (non-hydrogen) atoms. The molecule has 0 saturated heterocycles. The maximum atomic E-state index is 14.1. The van der Waals surface area contributed by atoms with Gasteiger partial charge in [0.1, 0.15) is 6.61 Å². The highest BCUT2D eigenvalue weighted by Gasteiger charge is 2.43. The van der Waals surface area contributed by atoms with Crippen LogP contribution < -0.4 is 10.1 Å². The number of carbonyl (C=O) groups is 1. The highest BCUT2D eigenvalue weighted by Crippen LogP contribution is 2.52. The maximum absolute atomic E-state index is 14.1. The minimum atomic E-state index is -0.401. The monoisotopic (exact) mass is 508 g/mol. The van der Waals surface area contributed by atoms with Crippen LogP contribution in [0.15, 0.2) is 47.6 Å². The van der Waals surface area contributed by atoms with Gasteiger partial charge in [-0.3, -0.25) is 9.36 Å². The molecule has 4 atom stereocenters. The number of hydrogen-bond acceptors (Lipinski definition) is 5. The van der Waals surface area contributed by atoms with Gasteiger partial charge in [-0.1, -0.05) is 36.4 Å². The molecule has 6 nitrogen and oxygen atoms in total. The Labute approximate surface area is 216 Å². The van der Waals surface area contributed by atoms with Crippen molar-refractivity contribution in [2.75, 3.05) is 11.1 Å². The Kier molecular flexibility index (Phi) is 7.32. The Bertz CT molecular complexity index is 1230. The zero-order chi connectivity index (χ0) is 25.2. The summed E-state index contributed by atoms with van der Waals surface area (Å²) in [5.74, 6) is 2.68. The molecule has 1 amide bonds. The Balaban J connectivity index is 1.32. The average molecular weight is 509 g/mol. The molecule has 0 radical (unpaired) electrons. The van der Waals surface area contributed by atoms with Gasteiger partial charge in [-0.2, -0.15) is 0 Å². The number of ether oxygens (including phenoxy) is 1. The lowest BCUT2D eigenvalue weighted by Gasteiger charge is -2.30. The largest absolute Gasteiger partial charge is 0.483 e. The first-order valence-corrected chi connectivity index (χ1v) is 13.7. The van der Waals surface area contributed by atoms with Crippen molar-refractivity contribution < 1.29 is 13.9 Å². The molecular formula is C28H33FN4O2S. The molecule has 2 aliphatic rings. The smallest absolute Gasteiger partial charge is 0.234 e. The molecular weight excluding hydrogens is 475 g/mol. The molecule has 2 aromatic carbocycles. The second-order valence-electron chi connectivity index (χ2n) is 10.3. The number of nitrogens with zero attached hydrogens (tertiary/aromatic N) is 3. The minimum Gasteiger partial charge on any atom is -0.483 e. The van der Waals surface area contributed by atoms with Gasteiger partial charge in [0.2, 0.25) is 5.91 Å². The van der Waals surface area contributed by atoms with Crippen LogP contribution in [-0.2, 0) is 11.4 Å². The van der Waals surface area contributed by atoms with Crippen LogP contribution in [0.4, 0.5) is 10.1 Å². The number of fused-ring (bicyclic) bond motifs is 2. The molecule has 2 saturated carbocycles. The topological polar surface area (TPSA) is 69.0 Å². The summed E-state index contributed by atoms with van der Waals surface area (Å²) in [6.07, 6.45) is 5.14. The van der Waals surface area contributed by atoms with Crippen molar-refractivity contribution >= 4 is 23.4 Å². The van der Waals surface area contributed by atoms with Gasteiger partial charge in [-0.25, -0.2) is 4.39 Å². The number of rotatable bonds is 9. The number of carbonyl (C=O) groups excluding carboxylic acids is 1. The first-order valence-electron chi connectivity index (χ1n) is 12.7. The predicted octanol–water partition coefficient (Wildman–Crippen LogP) is 6.34. The Morgan fingerprint density at radius 1 is 1.17 bits per heavy atom. The SMILES string of the molecule is Cc1cc(C)cc(NC(=O)CSc2nnc(COc3ccccc3F)n2C(C)C2CC3CCC2C3)c1. The molecule has 1 heterocycles. The molecule has 2 aliphatic carbocycles. The molecule has 3 aromatic rings. The summed E-state index contributed by atoms with van der Waals surface area (Å²) in [7, 11) is 0. The zero-order valence-corrected chi connectivity index (χ0v) is 21.9. The first kappa shape index (κ1) is 24.8. The van der Waals surface area contributed by atoms with Crippen LogP contribution in [0, 0.1) is 37.4 Å². The quantitative estimate of drug-likeness (QED) is 0.342. The van der Waals surface area contributed by atoms with Gasteiger partial charge in [-0.15, -0.1) is 10.2 Å². The molecule has 2 fully saturated rings. The summed E-state index contributed by atoms with van der Waals surface area (Å²) in [5, 5.41) is 12.5. The summed E-state index contributed by atoms with van der Waals surface area (Å²) in [6, 6.07) is 12.6. The number of anilines is 1. The fourth-order valence-electron chi connectivity index (χ4n) is 6.07. The zero-order valence-electron chi connectivity index (χ0n) is 21.0. The number of hydrogen-bond donors (Lipinski definition) is 1. The molecule has 4 unspecified atom stereocenters. The number of para-hydroxylation sites is 1. The Morgan fingerprint density at radius 2 is 1.94 bits per heavy atom. The molecule has 8 heteroatoms. The Morgan fingerprint density at radius 3 is 2.64 bits per heavy atom. The predicted molar refractivity (Wildman–Crippen MR) is 140 cm³/mol. The lowest BCUT2D eigenvalue weighted by molar-refractivity contribution is -0.113.